The van der Waals surface area contributed by atoms with Crippen molar-refractivity contribution < 1.29 is 14.6 Å². The first-order valence-corrected chi connectivity index (χ1v) is 7.88. The summed E-state index contributed by atoms with van der Waals surface area (Å²) in [5, 5.41) is 12.7. The number of ether oxygens (including phenoxy) is 1. The van der Waals surface area contributed by atoms with Crippen molar-refractivity contribution in [1.29, 1.82) is 0 Å². The van der Waals surface area contributed by atoms with Gasteiger partial charge < -0.3 is 9.84 Å². The Hall–Kier alpha value is -0.260. The van der Waals surface area contributed by atoms with Crippen molar-refractivity contribution in [2.24, 2.45) is 0 Å². The van der Waals surface area contributed by atoms with Crippen molar-refractivity contribution in [3.8, 4) is 0 Å². The molecule has 0 amide bonds. The van der Waals surface area contributed by atoms with E-state index in [-0.39, 0.29) is 11.6 Å². The minimum Gasteiger partial charge on any atom is -0.480 e. The molecule has 4 nitrogen and oxygen atoms in total. The minimum absolute atomic E-state index is 0.00768. The van der Waals surface area contributed by atoms with Gasteiger partial charge in [-0.15, -0.1) is 0 Å². The largest absolute Gasteiger partial charge is 0.480 e. The lowest BCUT2D eigenvalue weighted by atomic mass is 9.87. The maximum Gasteiger partial charge on any atom is 0.323 e. The maximum absolute atomic E-state index is 11.3. The van der Waals surface area contributed by atoms with E-state index < -0.39 is 11.5 Å². The van der Waals surface area contributed by atoms with Gasteiger partial charge in [-0.05, 0) is 38.4 Å². The van der Waals surface area contributed by atoms with Gasteiger partial charge in [0, 0.05) is 18.4 Å². The third-order valence-corrected chi connectivity index (χ3v) is 5.48. The predicted molar refractivity (Wildman–Crippen MR) is 73.1 cm³/mol. The zero-order valence-electron chi connectivity index (χ0n) is 11.2. The van der Waals surface area contributed by atoms with E-state index in [2.05, 4.69) is 5.32 Å². The van der Waals surface area contributed by atoms with Crippen LogP contribution in [0.2, 0.25) is 0 Å². The quantitative estimate of drug-likeness (QED) is 0.819. The van der Waals surface area contributed by atoms with Gasteiger partial charge in [0.25, 0.3) is 0 Å². The molecule has 3 atom stereocenters. The molecule has 2 fully saturated rings. The van der Waals surface area contributed by atoms with E-state index in [1.165, 1.54) is 0 Å². The Morgan fingerprint density at radius 2 is 2.44 bits per heavy atom. The van der Waals surface area contributed by atoms with E-state index in [9.17, 15) is 9.90 Å². The molecule has 2 rings (SSSR count). The number of carboxylic acid groups (broad SMARTS) is 1. The van der Waals surface area contributed by atoms with Gasteiger partial charge in [-0.1, -0.05) is 6.92 Å². The Labute approximate surface area is 113 Å². The molecule has 0 aromatic heterocycles. The summed E-state index contributed by atoms with van der Waals surface area (Å²) in [6.45, 7) is 4.44. The number of rotatable bonds is 4. The van der Waals surface area contributed by atoms with Gasteiger partial charge in [-0.2, -0.15) is 11.8 Å². The van der Waals surface area contributed by atoms with Crippen molar-refractivity contribution in [1.82, 2.24) is 5.32 Å². The van der Waals surface area contributed by atoms with Crippen LogP contribution >= 0.6 is 11.8 Å². The Morgan fingerprint density at radius 1 is 1.67 bits per heavy atom. The average molecular weight is 273 g/mol. The Kier molecular flexibility index (Phi) is 4.24. The second-order valence-electron chi connectivity index (χ2n) is 5.66. The summed E-state index contributed by atoms with van der Waals surface area (Å²) in [6, 6.07) is 0.262. The van der Waals surface area contributed by atoms with Gasteiger partial charge in [0.15, 0.2) is 0 Å². The van der Waals surface area contributed by atoms with Crippen LogP contribution in [0.5, 0.6) is 0 Å². The number of thioether (sulfide) groups is 1. The van der Waals surface area contributed by atoms with Crippen LogP contribution in [-0.2, 0) is 9.53 Å². The van der Waals surface area contributed by atoms with Crippen molar-refractivity contribution in [3.63, 3.8) is 0 Å². The topological polar surface area (TPSA) is 58.6 Å². The van der Waals surface area contributed by atoms with Gasteiger partial charge in [0.05, 0.1) is 5.60 Å². The van der Waals surface area contributed by atoms with Gasteiger partial charge in [0.1, 0.15) is 5.54 Å². The van der Waals surface area contributed by atoms with Crippen molar-refractivity contribution in [3.05, 3.63) is 0 Å². The van der Waals surface area contributed by atoms with Crippen LogP contribution in [-0.4, -0.2) is 46.4 Å². The van der Waals surface area contributed by atoms with Crippen molar-refractivity contribution in [2.75, 3.05) is 18.1 Å². The monoisotopic (exact) mass is 273 g/mol. The maximum atomic E-state index is 11.3. The van der Waals surface area contributed by atoms with Crippen molar-refractivity contribution >= 4 is 17.7 Å². The Bertz CT molecular complexity index is 317. The first-order chi connectivity index (χ1) is 8.50. The molecule has 0 bridgehead atoms. The number of carbonyl (C=O) groups is 1. The van der Waals surface area contributed by atoms with E-state index in [1.54, 1.807) is 6.92 Å². The molecule has 2 heterocycles. The first kappa shape index (κ1) is 14.2. The van der Waals surface area contributed by atoms with Crippen LogP contribution in [0.4, 0.5) is 0 Å². The molecule has 2 saturated heterocycles. The Morgan fingerprint density at radius 3 is 3.00 bits per heavy atom. The fraction of sp³-hybridized carbons (Fsp3) is 0.923. The van der Waals surface area contributed by atoms with E-state index in [0.29, 0.717) is 6.42 Å². The minimum atomic E-state index is -0.811. The summed E-state index contributed by atoms with van der Waals surface area (Å²) < 4.78 is 5.96. The molecule has 2 N–H and O–H groups in total. The van der Waals surface area contributed by atoms with E-state index >= 15 is 0 Å². The highest BCUT2D eigenvalue weighted by atomic mass is 32.2. The van der Waals surface area contributed by atoms with E-state index in [4.69, 9.17) is 4.74 Å². The van der Waals surface area contributed by atoms with Crippen LogP contribution in [0.1, 0.15) is 39.5 Å². The molecule has 0 aromatic carbocycles. The average Bonchev–Trinajstić information content (AvgIpc) is 2.77. The number of aliphatic carboxylic acids is 1. The molecule has 104 valence electrons. The zero-order chi connectivity index (χ0) is 13.2. The van der Waals surface area contributed by atoms with Crippen molar-refractivity contribution in [2.45, 2.75) is 56.7 Å². The smallest absolute Gasteiger partial charge is 0.323 e. The molecular weight excluding hydrogens is 250 g/mol. The highest BCUT2D eigenvalue weighted by Gasteiger charge is 2.43. The molecule has 0 radical (unpaired) electrons. The third kappa shape index (κ3) is 2.83. The molecule has 5 heteroatoms. The number of hydrogen-bond donors (Lipinski definition) is 2. The van der Waals surface area contributed by atoms with Crippen LogP contribution in [0.3, 0.4) is 0 Å². The predicted octanol–water partition coefficient (Wildman–Crippen LogP) is 1.88. The summed E-state index contributed by atoms with van der Waals surface area (Å²) in [6.07, 6.45) is 3.56. The zero-order valence-corrected chi connectivity index (χ0v) is 12.0. The molecule has 3 unspecified atom stereocenters. The molecule has 2 aliphatic rings. The number of hydrogen-bond acceptors (Lipinski definition) is 4. The molecule has 0 aromatic rings. The highest BCUT2D eigenvalue weighted by molar-refractivity contribution is 7.99. The fourth-order valence-electron chi connectivity index (χ4n) is 2.78. The van der Waals surface area contributed by atoms with E-state index in [1.807, 2.05) is 18.7 Å². The molecule has 0 aliphatic carbocycles. The molecule has 1 spiro atoms. The molecule has 2 aliphatic heterocycles. The number of nitrogens with one attached hydrogen (secondary N) is 1. The Balaban J connectivity index is 1.99. The van der Waals surface area contributed by atoms with Gasteiger partial charge in [-0.3, -0.25) is 10.1 Å². The standard InChI is InChI=1S/C13H23NO3S/c1-3-12(2,11(15)16)14-10-4-6-17-13(8-10)5-7-18-9-13/h10,14H,3-9H2,1-2H3,(H,15,16). The summed E-state index contributed by atoms with van der Waals surface area (Å²) in [7, 11) is 0. The van der Waals surface area contributed by atoms with Gasteiger partial charge >= 0.3 is 5.97 Å². The summed E-state index contributed by atoms with van der Waals surface area (Å²) in [5.41, 5.74) is -0.803. The second-order valence-corrected chi connectivity index (χ2v) is 6.76. The lowest BCUT2D eigenvalue weighted by molar-refractivity contribution is -0.146. The number of carboxylic acids is 1. The molecular formula is C13H23NO3S. The SMILES string of the molecule is CCC(C)(NC1CCOC2(CCSC2)C1)C(=O)O. The first-order valence-electron chi connectivity index (χ1n) is 6.72. The molecule has 18 heavy (non-hydrogen) atoms. The second kappa shape index (κ2) is 5.39. The van der Waals surface area contributed by atoms with E-state index in [0.717, 1.165) is 37.4 Å². The summed E-state index contributed by atoms with van der Waals surface area (Å²) in [4.78, 5) is 11.3. The highest BCUT2D eigenvalue weighted by Crippen LogP contribution is 2.38. The van der Waals surface area contributed by atoms with Crippen LogP contribution in [0, 0.1) is 0 Å². The molecule has 0 saturated carbocycles. The van der Waals surface area contributed by atoms with Gasteiger partial charge in [-0.25, -0.2) is 0 Å². The lowest BCUT2D eigenvalue weighted by Crippen LogP contribution is -2.57. The normalized spacial score (nSPS) is 35.6. The summed E-state index contributed by atoms with van der Waals surface area (Å²) >= 11 is 1.94. The van der Waals surface area contributed by atoms with Crippen LogP contribution in [0.25, 0.3) is 0 Å². The summed E-state index contributed by atoms with van der Waals surface area (Å²) in [5.74, 6) is 1.46. The van der Waals surface area contributed by atoms with Crippen LogP contribution in [0.15, 0.2) is 0 Å². The third-order valence-electron chi connectivity index (χ3n) is 4.26. The van der Waals surface area contributed by atoms with Crippen LogP contribution < -0.4 is 5.32 Å². The fourth-order valence-corrected chi connectivity index (χ4v) is 4.16. The van der Waals surface area contributed by atoms with Gasteiger partial charge in [0.2, 0.25) is 0 Å². The lowest BCUT2D eigenvalue weighted by Gasteiger charge is -2.41.